The molecule has 1 saturated heterocycles. The van der Waals surface area contributed by atoms with E-state index in [0.29, 0.717) is 5.82 Å². The molecule has 0 spiro atoms. The van der Waals surface area contributed by atoms with Crippen molar-refractivity contribution in [3.63, 3.8) is 0 Å². The maximum absolute atomic E-state index is 12.0. The molecule has 1 fully saturated rings. The fourth-order valence-electron chi connectivity index (χ4n) is 2.58. The van der Waals surface area contributed by atoms with E-state index >= 15 is 0 Å². The van der Waals surface area contributed by atoms with E-state index < -0.39 is 0 Å². The molecule has 8 nitrogen and oxygen atoms in total. The summed E-state index contributed by atoms with van der Waals surface area (Å²) in [6.07, 6.45) is 2.11. The molecule has 2 atom stereocenters. The summed E-state index contributed by atoms with van der Waals surface area (Å²) in [5.41, 5.74) is 0. The molecule has 1 aliphatic rings. The van der Waals surface area contributed by atoms with E-state index in [2.05, 4.69) is 20.7 Å². The number of nitrogens with zero attached hydrogens (tertiary/aromatic N) is 4. The number of benzene rings is 1. The minimum Gasteiger partial charge on any atom is -0.485 e. The molecule has 0 bridgehead atoms. The van der Waals surface area contributed by atoms with E-state index in [1.165, 1.54) is 4.80 Å². The van der Waals surface area contributed by atoms with Crippen molar-refractivity contribution < 1.29 is 14.3 Å². The average Bonchev–Trinajstić information content (AvgIpc) is 3.25. The van der Waals surface area contributed by atoms with Gasteiger partial charge in [-0.2, -0.15) is 4.80 Å². The van der Waals surface area contributed by atoms with Crippen LogP contribution >= 0.6 is 0 Å². The fourth-order valence-corrected chi connectivity index (χ4v) is 2.58. The standard InChI is InChI=1S/C16H21N5O3/c1-12(14-8-5-9-23-14)17-16(22)10-21-19-15(18-20-21)11-24-13-6-3-2-4-7-13/h2-4,6-7,12,14H,5,8-11H2,1H3,(H,17,22). The first-order chi connectivity index (χ1) is 11.7. The Hall–Kier alpha value is -2.48. The first-order valence-corrected chi connectivity index (χ1v) is 8.06. The summed E-state index contributed by atoms with van der Waals surface area (Å²) in [6.45, 7) is 2.94. The van der Waals surface area contributed by atoms with E-state index in [-0.39, 0.29) is 31.2 Å². The van der Waals surface area contributed by atoms with Crippen molar-refractivity contribution in [3.05, 3.63) is 36.2 Å². The van der Waals surface area contributed by atoms with Crippen molar-refractivity contribution in [2.45, 2.75) is 45.1 Å². The summed E-state index contributed by atoms with van der Waals surface area (Å²) in [5, 5.41) is 14.8. The van der Waals surface area contributed by atoms with Crippen LogP contribution in [0.3, 0.4) is 0 Å². The van der Waals surface area contributed by atoms with E-state index in [1.807, 2.05) is 37.3 Å². The molecule has 1 aliphatic heterocycles. The zero-order valence-electron chi connectivity index (χ0n) is 13.6. The molecular formula is C16H21N5O3. The molecule has 0 saturated carbocycles. The third kappa shape index (κ3) is 4.51. The van der Waals surface area contributed by atoms with Gasteiger partial charge < -0.3 is 14.8 Å². The van der Waals surface area contributed by atoms with Crippen molar-refractivity contribution in [2.75, 3.05) is 6.61 Å². The molecule has 1 N–H and O–H groups in total. The number of hydrogen-bond acceptors (Lipinski definition) is 6. The summed E-state index contributed by atoms with van der Waals surface area (Å²) in [5.74, 6) is 1.00. The van der Waals surface area contributed by atoms with Crippen molar-refractivity contribution in [1.82, 2.24) is 25.5 Å². The third-order valence-corrected chi connectivity index (χ3v) is 3.80. The first kappa shape index (κ1) is 16.4. The van der Waals surface area contributed by atoms with Crippen LogP contribution < -0.4 is 10.1 Å². The Kier molecular flexibility index (Phi) is 5.37. The Morgan fingerprint density at radius 2 is 2.29 bits per heavy atom. The number of tetrazole rings is 1. The average molecular weight is 331 g/mol. The minimum atomic E-state index is -0.161. The van der Waals surface area contributed by atoms with E-state index in [0.717, 1.165) is 25.2 Å². The topological polar surface area (TPSA) is 91.2 Å². The number of para-hydroxylation sites is 1. The summed E-state index contributed by atoms with van der Waals surface area (Å²) in [6, 6.07) is 9.37. The molecule has 0 aliphatic carbocycles. The van der Waals surface area contributed by atoms with Crippen molar-refractivity contribution in [3.8, 4) is 5.75 Å². The second-order valence-electron chi connectivity index (χ2n) is 5.75. The molecule has 8 heteroatoms. The zero-order chi connectivity index (χ0) is 16.8. The lowest BCUT2D eigenvalue weighted by Crippen LogP contribution is -2.42. The zero-order valence-corrected chi connectivity index (χ0v) is 13.6. The van der Waals surface area contributed by atoms with Crippen LogP contribution in [0.4, 0.5) is 0 Å². The molecule has 1 aromatic heterocycles. The van der Waals surface area contributed by atoms with Gasteiger partial charge in [-0.1, -0.05) is 18.2 Å². The predicted octanol–water partition coefficient (Wildman–Crippen LogP) is 0.936. The van der Waals surface area contributed by atoms with Gasteiger partial charge in [0.2, 0.25) is 11.7 Å². The Morgan fingerprint density at radius 3 is 3.04 bits per heavy atom. The van der Waals surface area contributed by atoms with Gasteiger partial charge in [-0.25, -0.2) is 0 Å². The Bertz CT molecular complexity index is 655. The normalized spacial score (nSPS) is 18.3. The van der Waals surface area contributed by atoms with E-state index in [9.17, 15) is 4.79 Å². The second-order valence-corrected chi connectivity index (χ2v) is 5.75. The van der Waals surface area contributed by atoms with Gasteiger partial charge in [-0.15, -0.1) is 10.2 Å². The molecule has 2 heterocycles. The summed E-state index contributed by atoms with van der Waals surface area (Å²) in [7, 11) is 0. The van der Waals surface area contributed by atoms with Crippen LogP contribution in [0.5, 0.6) is 5.75 Å². The van der Waals surface area contributed by atoms with Crippen LogP contribution in [0.1, 0.15) is 25.6 Å². The quantitative estimate of drug-likeness (QED) is 0.812. The SMILES string of the molecule is CC(NC(=O)Cn1nnc(COc2ccccc2)n1)C1CCCO1. The molecule has 128 valence electrons. The molecule has 2 unspecified atom stereocenters. The molecule has 1 amide bonds. The smallest absolute Gasteiger partial charge is 0.243 e. The van der Waals surface area contributed by atoms with Gasteiger partial charge in [0.25, 0.3) is 0 Å². The number of amides is 1. The highest BCUT2D eigenvalue weighted by Crippen LogP contribution is 2.15. The number of hydrogen-bond donors (Lipinski definition) is 1. The van der Waals surface area contributed by atoms with Crippen LogP contribution in [0, 0.1) is 0 Å². The van der Waals surface area contributed by atoms with Crippen molar-refractivity contribution in [1.29, 1.82) is 0 Å². The molecular weight excluding hydrogens is 310 g/mol. The Balaban J connectivity index is 1.45. The van der Waals surface area contributed by atoms with Crippen molar-refractivity contribution >= 4 is 5.91 Å². The molecule has 0 radical (unpaired) electrons. The summed E-state index contributed by atoms with van der Waals surface area (Å²) in [4.78, 5) is 13.3. The minimum absolute atomic E-state index is 0.0232. The Labute approximate surface area is 140 Å². The number of ether oxygens (including phenoxy) is 2. The largest absolute Gasteiger partial charge is 0.485 e. The summed E-state index contributed by atoms with van der Waals surface area (Å²) >= 11 is 0. The van der Waals surface area contributed by atoms with Gasteiger partial charge in [0.15, 0.2) is 6.61 Å². The van der Waals surface area contributed by atoms with Crippen molar-refractivity contribution in [2.24, 2.45) is 0 Å². The second kappa shape index (κ2) is 7.87. The van der Waals surface area contributed by atoms with Crippen LogP contribution in [-0.2, 0) is 22.7 Å². The van der Waals surface area contributed by atoms with Crippen LogP contribution in [0.15, 0.2) is 30.3 Å². The lowest BCUT2D eigenvalue weighted by Gasteiger charge is -2.19. The highest BCUT2D eigenvalue weighted by molar-refractivity contribution is 5.75. The molecule has 24 heavy (non-hydrogen) atoms. The Morgan fingerprint density at radius 1 is 1.46 bits per heavy atom. The van der Waals surface area contributed by atoms with Gasteiger partial charge in [-0.3, -0.25) is 4.79 Å². The summed E-state index contributed by atoms with van der Waals surface area (Å²) < 4.78 is 11.1. The lowest BCUT2D eigenvalue weighted by molar-refractivity contribution is -0.123. The predicted molar refractivity (Wildman–Crippen MR) is 85.2 cm³/mol. The maximum atomic E-state index is 12.0. The van der Waals surface area contributed by atoms with Gasteiger partial charge in [0.05, 0.1) is 12.1 Å². The highest BCUT2D eigenvalue weighted by Gasteiger charge is 2.23. The van der Waals surface area contributed by atoms with Crippen LogP contribution in [-0.4, -0.2) is 44.9 Å². The molecule has 1 aromatic carbocycles. The monoisotopic (exact) mass is 331 g/mol. The number of carbonyl (C=O) groups excluding carboxylic acids is 1. The highest BCUT2D eigenvalue weighted by atomic mass is 16.5. The van der Waals surface area contributed by atoms with Crippen LogP contribution in [0.25, 0.3) is 0 Å². The third-order valence-electron chi connectivity index (χ3n) is 3.80. The molecule has 2 aromatic rings. The fraction of sp³-hybridized carbons (Fsp3) is 0.500. The maximum Gasteiger partial charge on any atom is 0.243 e. The van der Waals surface area contributed by atoms with E-state index in [1.54, 1.807) is 0 Å². The first-order valence-electron chi connectivity index (χ1n) is 8.06. The lowest BCUT2D eigenvalue weighted by atomic mass is 10.1. The van der Waals surface area contributed by atoms with Gasteiger partial charge in [0.1, 0.15) is 12.3 Å². The van der Waals surface area contributed by atoms with Gasteiger partial charge in [0, 0.05) is 6.61 Å². The van der Waals surface area contributed by atoms with Gasteiger partial charge >= 0.3 is 0 Å². The van der Waals surface area contributed by atoms with Gasteiger partial charge in [-0.05, 0) is 37.1 Å². The number of nitrogens with one attached hydrogen (secondary N) is 1. The number of carbonyl (C=O) groups is 1. The van der Waals surface area contributed by atoms with E-state index in [4.69, 9.17) is 9.47 Å². The van der Waals surface area contributed by atoms with Crippen LogP contribution in [0.2, 0.25) is 0 Å². The number of rotatable bonds is 7. The molecule has 3 rings (SSSR count). The number of aromatic nitrogens is 4.